The van der Waals surface area contributed by atoms with E-state index in [2.05, 4.69) is 4.98 Å². The van der Waals surface area contributed by atoms with Gasteiger partial charge in [-0.05, 0) is 55.3 Å². The van der Waals surface area contributed by atoms with Gasteiger partial charge in [0.2, 0.25) is 0 Å². The van der Waals surface area contributed by atoms with Crippen LogP contribution in [0.2, 0.25) is 0 Å². The lowest BCUT2D eigenvalue weighted by Crippen LogP contribution is -2.37. The Kier molecular flexibility index (Phi) is 7.86. The van der Waals surface area contributed by atoms with Crippen molar-refractivity contribution in [1.82, 2.24) is 10.0 Å². The second-order valence-electron chi connectivity index (χ2n) is 10.6. The van der Waals surface area contributed by atoms with Crippen molar-refractivity contribution >= 4 is 61.2 Å². The summed E-state index contributed by atoms with van der Waals surface area (Å²) in [6.45, 7) is 1.84. The third-order valence-electron chi connectivity index (χ3n) is 7.53. The SMILES string of the molecule is Cc1ccc(S(=O)(=O)N(C(=O)c2c3ccccc3nc3ccccc23)c2ccc(CCC(=O)ON3C(=O)CCC3=O)cc2)cc1. The maximum atomic E-state index is 14.6. The predicted molar refractivity (Wildman–Crippen MR) is 166 cm³/mol. The molecule has 0 spiro atoms. The molecular weight excluding hydrogens is 594 g/mol. The first-order valence-corrected chi connectivity index (χ1v) is 15.7. The highest BCUT2D eigenvalue weighted by atomic mass is 32.2. The standard InChI is InChI=1S/C34H27N3O7S/c1-22-10-17-25(18-11-22)45(42,43)37(34(41)33-26-6-2-4-8-28(26)35-29-9-5-3-7-27(29)33)24-15-12-23(13-16-24)14-21-32(40)44-36-30(38)19-20-31(36)39/h2-13,15-18H,14,19-21H2,1H3. The van der Waals surface area contributed by atoms with Crippen LogP contribution in [0.1, 0.15) is 40.7 Å². The van der Waals surface area contributed by atoms with E-state index in [0.717, 1.165) is 9.87 Å². The maximum Gasteiger partial charge on any atom is 0.333 e. The van der Waals surface area contributed by atoms with Crippen LogP contribution in [-0.4, -0.2) is 42.2 Å². The molecule has 11 heteroatoms. The predicted octanol–water partition coefficient (Wildman–Crippen LogP) is 5.27. The minimum Gasteiger partial charge on any atom is -0.330 e. The van der Waals surface area contributed by atoms with Crippen LogP contribution in [0.3, 0.4) is 0 Å². The molecule has 0 bridgehead atoms. The number of carbonyl (C=O) groups is 4. The number of hydrogen-bond acceptors (Lipinski definition) is 8. The van der Waals surface area contributed by atoms with Crippen LogP contribution < -0.4 is 4.31 Å². The molecule has 0 aliphatic carbocycles. The van der Waals surface area contributed by atoms with Gasteiger partial charge < -0.3 is 4.84 Å². The number of hydroxylamine groups is 2. The highest BCUT2D eigenvalue weighted by Crippen LogP contribution is 2.32. The summed E-state index contributed by atoms with van der Waals surface area (Å²) in [5.41, 5.74) is 2.91. The summed E-state index contributed by atoms with van der Waals surface area (Å²) in [6.07, 6.45) is 0.0576. The third kappa shape index (κ3) is 5.77. The molecule has 45 heavy (non-hydrogen) atoms. The Morgan fingerprint density at radius 3 is 1.93 bits per heavy atom. The van der Waals surface area contributed by atoms with Gasteiger partial charge in [-0.2, -0.15) is 4.31 Å². The molecule has 0 saturated carbocycles. The van der Waals surface area contributed by atoms with Gasteiger partial charge in [0.15, 0.2) is 0 Å². The molecule has 226 valence electrons. The number of hydrogen-bond donors (Lipinski definition) is 0. The van der Waals surface area contributed by atoms with Crippen molar-refractivity contribution in [2.45, 2.75) is 37.5 Å². The number of para-hydroxylation sites is 2. The number of fused-ring (bicyclic) bond motifs is 2. The fourth-order valence-corrected chi connectivity index (χ4v) is 6.60. The van der Waals surface area contributed by atoms with E-state index in [0.29, 0.717) is 32.4 Å². The number of aryl methyl sites for hydroxylation is 2. The van der Waals surface area contributed by atoms with Crippen LogP contribution >= 0.6 is 0 Å². The van der Waals surface area contributed by atoms with E-state index in [1.807, 2.05) is 6.92 Å². The fraction of sp³-hybridized carbons (Fsp3) is 0.147. The second kappa shape index (κ2) is 11.9. The Morgan fingerprint density at radius 1 is 0.800 bits per heavy atom. The number of benzene rings is 4. The van der Waals surface area contributed by atoms with Gasteiger partial charge in [0, 0.05) is 23.6 Å². The molecule has 1 fully saturated rings. The molecule has 1 aromatic heterocycles. The van der Waals surface area contributed by atoms with Gasteiger partial charge in [0.25, 0.3) is 27.7 Å². The molecule has 1 aliphatic heterocycles. The Balaban J connectivity index is 1.37. The van der Waals surface area contributed by atoms with Crippen molar-refractivity contribution < 1.29 is 32.4 Å². The van der Waals surface area contributed by atoms with E-state index in [4.69, 9.17) is 4.84 Å². The number of nitrogens with zero attached hydrogens (tertiary/aromatic N) is 3. The average molecular weight is 622 g/mol. The van der Waals surface area contributed by atoms with E-state index in [9.17, 15) is 27.6 Å². The van der Waals surface area contributed by atoms with Crippen LogP contribution in [0.5, 0.6) is 0 Å². The Hall–Kier alpha value is -5.42. The number of pyridine rings is 1. The lowest BCUT2D eigenvalue weighted by Gasteiger charge is -2.24. The van der Waals surface area contributed by atoms with Crippen molar-refractivity contribution in [2.24, 2.45) is 0 Å². The summed E-state index contributed by atoms with van der Waals surface area (Å²) < 4.78 is 29.2. The molecule has 3 amide bonds. The van der Waals surface area contributed by atoms with Gasteiger partial charge in [0.1, 0.15) is 0 Å². The summed E-state index contributed by atoms with van der Waals surface area (Å²) in [5.74, 6) is -2.63. The minimum absolute atomic E-state index is 0.000622. The van der Waals surface area contributed by atoms with Crippen LogP contribution in [-0.2, 0) is 35.7 Å². The van der Waals surface area contributed by atoms with Crippen LogP contribution in [0.4, 0.5) is 5.69 Å². The number of amides is 3. The second-order valence-corrected chi connectivity index (χ2v) is 12.4. The quantitative estimate of drug-likeness (QED) is 0.169. The van der Waals surface area contributed by atoms with Crippen molar-refractivity contribution in [2.75, 3.05) is 4.31 Å². The minimum atomic E-state index is -4.40. The van der Waals surface area contributed by atoms with Gasteiger partial charge in [-0.1, -0.05) is 66.2 Å². The average Bonchev–Trinajstić information content (AvgIpc) is 3.35. The van der Waals surface area contributed by atoms with Gasteiger partial charge in [-0.15, -0.1) is 5.06 Å². The summed E-state index contributed by atoms with van der Waals surface area (Å²) in [7, 11) is -4.40. The van der Waals surface area contributed by atoms with E-state index >= 15 is 0 Å². The zero-order chi connectivity index (χ0) is 31.7. The highest BCUT2D eigenvalue weighted by Gasteiger charge is 2.35. The van der Waals surface area contributed by atoms with Crippen molar-refractivity contribution in [3.8, 4) is 0 Å². The number of sulfonamides is 1. The van der Waals surface area contributed by atoms with Gasteiger partial charge in [-0.25, -0.2) is 18.2 Å². The molecule has 0 atom stereocenters. The van der Waals surface area contributed by atoms with E-state index in [-0.39, 0.29) is 41.8 Å². The van der Waals surface area contributed by atoms with Crippen LogP contribution in [0, 0.1) is 6.92 Å². The number of imide groups is 1. The summed E-state index contributed by atoms with van der Waals surface area (Å²) in [5, 5.41) is 1.52. The number of rotatable bonds is 8. The molecule has 1 aliphatic rings. The number of anilines is 1. The van der Waals surface area contributed by atoms with E-state index in [1.165, 1.54) is 24.3 Å². The topological polar surface area (TPSA) is 131 Å². The molecule has 0 radical (unpaired) electrons. The first-order valence-electron chi connectivity index (χ1n) is 14.2. The third-order valence-corrected chi connectivity index (χ3v) is 9.26. The first kappa shape index (κ1) is 29.6. The van der Waals surface area contributed by atoms with Crippen molar-refractivity contribution in [3.63, 3.8) is 0 Å². The lowest BCUT2D eigenvalue weighted by molar-refractivity contribution is -0.197. The summed E-state index contributed by atoms with van der Waals surface area (Å²) in [6, 6.07) is 26.6. The lowest BCUT2D eigenvalue weighted by atomic mass is 10.0. The molecule has 10 nitrogen and oxygen atoms in total. The molecule has 0 unspecified atom stereocenters. The molecule has 1 saturated heterocycles. The zero-order valence-corrected chi connectivity index (χ0v) is 25.0. The zero-order valence-electron chi connectivity index (χ0n) is 24.2. The maximum absolute atomic E-state index is 14.6. The normalized spacial score (nSPS) is 13.4. The molecule has 6 rings (SSSR count). The van der Waals surface area contributed by atoms with Crippen molar-refractivity contribution in [1.29, 1.82) is 0 Å². The number of carbonyl (C=O) groups excluding carboxylic acids is 4. The van der Waals surface area contributed by atoms with Gasteiger partial charge in [-0.3, -0.25) is 14.4 Å². The molecule has 4 aromatic carbocycles. The van der Waals surface area contributed by atoms with E-state index in [1.54, 1.807) is 72.8 Å². The molecule has 0 N–H and O–H groups in total. The van der Waals surface area contributed by atoms with E-state index < -0.39 is 33.7 Å². The summed E-state index contributed by atoms with van der Waals surface area (Å²) in [4.78, 5) is 59.9. The number of aromatic nitrogens is 1. The smallest absolute Gasteiger partial charge is 0.330 e. The molecular formula is C34H27N3O7S. The van der Waals surface area contributed by atoms with Crippen LogP contribution in [0.15, 0.2) is 102 Å². The molecule has 2 heterocycles. The van der Waals surface area contributed by atoms with Gasteiger partial charge in [0.05, 0.1) is 33.6 Å². The van der Waals surface area contributed by atoms with Gasteiger partial charge >= 0.3 is 5.97 Å². The Morgan fingerprint density at radius 2 is 1.36 bits per heavy atom. The highest BCUT2D eigenvalue weighted by molar-refractivity contribution is 7.93. The Labute approximate surface area is 258 Å². The monoisotopic (exact) mass is 621 g/mol. The molecule has 5 aromatic rings. The van der Waals surface area contributed by atoms with Crippen LogP contribution in [0.25, 0.3) is 21.8 Å². The summed E-state index contributed by atoms with van der Waals surface area (Å²) >= 11 is 0. The largest absolute Gasteiger partial charge is 0.333 e. The fourth-order valence-electron chi connectivity index (χ4n) is 5.20. The van der Waals surface area contributed by atoms with Crippen molar-refractivity contribution in [3.05, 3.63) is 114 Å². The Bertz CT molecular complexity index is 2020. The first-order chi connectivity index (χ1) is 21.6.